The van der Waals surface area contributed by atoms with Crippen LogP contribution in [0.25, 0.3) is 0 Å². The minimum Gasteiger partial charge on any atom is -0.361 e. The van der Waals surface area contributed by atoms with Gasteiger partial charge in [0.05, 0.1) is 12.2 Å². The topological polar surface area (TPSA) is 86.2 Å². The third-order valence-electron chi connectivity index (χ3n) is 4.13. The quantitative estimate of drug-likeness (QED) is 0.814. The maximum atomic E-state index is 12.3. The number of nitrogens with zero attached hydrogens (tertiary/aromatic N) is 5. The zero-order chi connectivity index (χ0) is 15.9. The van der Waals surface area contributed by atoms with E-state index in [0.29, 0.717) is 32.6 Å². The molecule has 0 spiro atoms. The van der Waals surface area contributed by atoms with Crippen LogP contribution in [0.15, 0.2) is 9.32 Å². The highest BCUT2D eigenvalue weighted by molar-refractivity contribution is 5.91. The van der Waals surface area contributed by atoms with Crippen molar-refractivity contribution >= 4 is 5.91 Å². The number of hydrogen-bond donors (Lipinski definition) is 0. The Labute approximate surface area is 127 Å². The summed E-state index contributed by atoms with van der Waals surface area (Å²) in [5.74, 6) is 0.807. The lowest BCUT2D eigenvalue weighted by molar-refractivity contribution is 0.0705. The Morgan fingerprint density at radius 3 is 2.64 bits per heavy atom. The molecular weight excluding hydrogens is 286 g/mol. The second-order valence-corrected chi connectivity index (χ2v) is 5.42. The molecule has 3 heterocycles. The number of carbonyl (C=O) groups excluding carboxylic acids is 1. The highest BCUT2D eigenvalue weighted by Gasteiger charge is 2.28. The maximum Gasteiger partial charge on any atom is 0.346 e. The van der Waals surface area contributed by atoms with E-state index in [-0.39, 0.29) is 17.4 Å². The zero-order valence-corrected chi connectivity index (χ0v) is 13.0. The Hall–Kier alpha value is -2.38. The van der Waals surface area contributed by atoms with E-state index in [4.69, 9.17) is 4.52 Å². The van der Waals surface area contributed by atoms with Crippen molar-refractivity contribution in [3.8, 4) is 0 Å². The van der Waals surface area contributed by atoms with Gasteiger partial charge in [0, 0.05) is 25.2 Å². The first-order valence-electron chi connectivity index (χ1n) is 7.41. The summed E-state index contributed by atoms with van der Waals surface area (Å²) in [6.45, 7) is 7.71. The molecule has 2 aromatic heterocycles. The number of amides is 1. The summed E-state index contributed by atoms with van der Waals surface area (Å²) in [5.41, 5.74) is 1.58. The summed E-state index contributed by atoms with van der Waals surface area (Å²) >= 11 is 0. The van der Waals surface area contributed by atoms with E-state index in [1.165, 1.54) is 9.25 Å². The third kappa shape index (κ3) is 2.24. The molecule has 0 radical (unpaired) electrons. The van der Waals surface area contributed by atoms with E-state index in [2.05, 4.69) is 10.3 Å². The van der Waals surface area contributed by atoms with Gasteiger partial charge in [-0.3, -0.25) is 9.36 Å². The van der Waals surface area contributed by atoms with Crippen LogP contribution < -0.4 is 5.69 Å². The second-order valence-electron chi connectivity index (χ2n) is 5.42. The van der Waals surface area contributed by atoms with Crippen molar-refractivity contribution in [3.63, 3.8) is 0 Å². The molecule has 0 saturated carbocycles. The Morgan fingerprint density at radius 2 is 2.00 bits per heavy atom. The number of hydrogen-bond acceptors (Lipinski definition) is 5. The molecule has 0 fully saturated rings. The van der Waals surface area contributed by atoms with E-state index in [0.717, 1.165) is 17.0 Å². The van der Waals surface area contributed by atoms with Gasteiger partial charge >= 0.3 is 5.69 Å². The molecule has 1 aliphatic rings. The van der Waals surface area contributed by atoms with Crippen LogP contribution in [-0.4, -0.2) is 43.4 Å². The van der Waals surface area contributed by atoms with Crippen molar-refractivity contribution in [1.82, 2.24) is 24.4 Å². The fourth-order valence-corrected chi connectivity index (χ4v) is 2.79. The lowest BCUT2D eigenvalue weighted by Gasteiger charge is -2.24. The van der Waals surface area contributed by atoms with Gasteiger partial charge < -0.3 is 9.42 Å². The Kier molecular flexibility index (Phi) is 3.59. The van der Waals surface area contributed by atoms with Crippen LogP contribution in [-0.2, 0) is 19.5 Å². The fraction of sp³-hybridized carbons (Fsp3) is 0.571. The van der Waals surface area contributed by atoms with Gasteiger partial charge in [-0.2, -0.15) is 0 Å². The molecule has 1 amide bonds. The van der Waals surface area contributed by atoms with E-state index >= 15 is 0 Å². The van der Waals surface area contributed by atoms with Gasteiger partial charge in [0.25, 0.3) is 5.91 Å². The van der Waals surface area contributed by atoms with Crippen molar-refractivity contribution < 1.29 is 9.32 Å². The highest BCUT2D eigenvalue weighted by atomic mass is 16.5. The first-order valence-corrected chi connectivity index (χ1v) is 7.41. The van der Waals surface area contributed by atoms with Gasteiger partial charge in [0.2, 0.25) is 5.82 Å². The average molecular weight is 305 g/mol. The Morgan fingerprint density at radius 1 is 1.23 bits per heavy atom. The monoisotopic (exact) mass is 305 g/mol. The number of fused-ring (bicyclic) bond motifs is 1. The lowest BCUT2D eigenvalue weighted by Crippen LogP contribution is -2.42. The molecule has 0 aromatic carbocycles. The molecule has 0 saturated heterocycles. The lowest BCUT2D eigenvalue weighted by atomic mass is 10.1. The van der Waals surface area contributed by atoms with Crippen LogP contribution in [0.4, 0.5) is 0 Å². The van der Waals surface area contributed by atoms with E-state index < -0.39 is 0 Å². The van der Waals surface area contributed by atoms with Crippen molar-refractivity contribution in [2.75, 3.05) is 13.1 Å². The van der Waals surface area contributed by atoms with Crippen molar-refractivity contribution in [2.24, 2.45) is 0 Å². The van der Waals surface area contributed by atoms with Crippen LogP contribution in [0.3, 0.4) is 0 Å². The summed E-state index contributed by atoms with van der Waals surface area (Å²) in [6.07, 6.45) is 0.600. The molecule has 0 unspecified atom stereocenters. The molecule has 118 valence electrons. The van der Waals surface area contributed by atoms with Gasteiger partial charge in [-0.05, 0) is 27.2 Å². The van der Waals surface area contributed by atoms with E-state index in [1.54, 1.807) is 4.90 Å². The number of rotatable bonds is 4. The molecule has 0 N–H and O–H groups in total. The standard InChI is InChI=1S/C14H19N5O3/c1-4-17-7-8-18-12(13(17)20)15-19(14(18)21)6-5-11-9(2)16-22-10(11)3/h4-8H2,1-3H3. The summed E-state index contributed by atoms with van der Waals surface area (Å²) in [5, 5.41) is 8.11. The largest absolute Gasteiger partial charge is 0.361 e. The number of carbonyl (C=O) groups is 1. The first-order chi connectivity index (χ1) is 10.5. The number of aromatic nitrogens is 4. The SMILES string of the molecule is CCN1CCn2c(nn(CCc3c(C)noc3C)c2=O)C1=O. The first kappa shape index (κ1) is 14.6. The minimum atomic E-state index is -0.231. The summed E-state index contributed by atoms with van der Waals surface area (Å²) in [6, 6.07) is 0. The summed E-state index contributed by atoms with van der Waals surface area (Å²) < 4.78 is 7.94. The Bertz CT molecular complexity index is 751. The van der Waals surface area contributed by atoms with Gasteiger partial charge in [0.15, 0.2) is 0 Å². The average Bonchev–Trinajstić information content (AvgIpc) is 2.99. The smallest absolute Gasteiger partial charge is 0.346 e. The fourth-order valence-electron chi connectivity index (χ4n) is 2.79. The van der Waals surface area contributed by atoms with Crippen molar-refractivity contribution in [1.29, 1.82) is 0 Å². The van der Waals surface area contributed by atoms with Crippen molar-refractivity contribution in [2.45, 2.75) is 40.3 Å². The number of likely N-dealkylation sites (N-methyl/N-ethyl adjacent to an activating group) is 1. The minimum absolute atomic E-state index is 0.179. The molecule has 0 atom stereocenters. The highest BCUT2D eigenvalue weighted by Crippen LogP contribution is 2.13. The molecule has 2 aromatic rings. The molecule has 3 rings (SSSR count). The van der Waals surface area contributed by atoms with Gasteiger partial charge in [-0.15, -0.1) is 5.10 Å². The summed E-state index contributed by atoms with van der Waals surface area (Å²) in [4.78, 5) is 26.3. The van der Waals surface area contributed by atoms with E-state index in [9.17, 15) is 9.59 Å². The van der Waals surface area contributed by atoms with Crippen LogP contribution in [0.5, 0.6) is 0 Å². The van der Waals surface area contributed by atoms with Crippen LogP contribution in [0.2, 0.25) is 0 Å². The van der Waals surface area contributed by atoms with Gasteiger partial charge in [-0.1, -0.05) is 5.16 Å². The molecule has 1 aliphatic heterocycles. The van der Waals surface area contributed by atoms with E-state index in [1.807, 2.05) is 20.8 Å². The normalized spacial score (nSPS) is 14.5. The number of aryl methyl sites for hydroxylation is 3. The molecule has 8 heteroatoms. The molecule has 0 bridgehead atoms. The molecule has 0 aliphatic carbocycles. The third-order valence-corrected chi connectivity index (χ3v) is 4.13. The predicted molar refractivity (Wildman–Crippen MR) is 77.7 cm³/mol. The maximum absolute atomic E-state index is 12.3. The van der Waals surface area contributed by atoms with Crippen LogP contribution in [0, 0.1) is 13.8 Å². The van der Waals surface area contributed by atoms with Gasteiger partial charge in [-0.25, -0.2) is 9.48 Å². The molecular formula is C14H19N5O3. The molecule has 8 nitrogen and oxygen atoms in total. The zero-order valence-electron chi connectivity index (χ0n) is 13.0. The van der Waals surface area contributed by atoms with Crippen LogP contribution >= 0.6 is 0 Å². The summed E-state index contributed by atoms with van der Waals surface area (Å²) in [7, 11) is 0. The second kappa shape index (κ2) is 5.43. The van der Waals surface area contributed by atoms with Gasteiger partial charge in [0.1, 0.15) is 5.76 Å². The Balaban J connectivity index is 1.85. The van der Waals surface area contributed by atoms with Crippen molar-refractivity contribution in [3.05, 3.63) is 33.3 Å². The van der Waals surface area contributed by atoms with Crippen LogP contribution in [0.1, 0.15) is 34.6 Å². The molecule has 22 heavy (non-hydrogen) atoms. The predicted octanol–water partition coefficient (Wildman–Crippen LogP) is 0.368.